The molecule has 0 bridgehead atoms. The number of para-hydroxylation sites is 1. The van der Waals surface area contributed by atoms with E-state index in [1.54, 1.807) is 13.2 Å². The standard InChI is InChI=1S/C25H24ClN5O2S/c1-17-8-9-19(14-22(17)26)28-24(32)16-34-25-30-29-23(31(25)20-6-4-3-5-7-20)15-27-18-10-12-21(33-2)13-11-18/h3-14,27H,15-16H2,1-2H3,(H,28,32). The Hall–Kier alpha value is -3.49. The monoisotopic (exact) mass is 493 g/mol. The number of nitrogens with zero attached hydrogens (tertiary/aromatic N) is 3. The number of hydrogen-bond acceptors (Lipinski definition) is 6. The predicted octanol–water partition coefficient (Wildman–Crippen LogP) is 5.58. The van der Waals surface area contributed by atoms with Crippen molar-refractivity contribution < 1.29 is 9.53 Å². The summed E-state index contributed by atoms with van der Waals surface area (Å²) in [6, 6.07) is 23.0. The Morgan fingerprint density at radius 3 is 2.47 bits per heavy atom. The molecule has 0 aliphatic rings. The number of nitrogens with one attached hydrogen (secondary N) is 2. The molecule has 174 valence electrons. The summed E-state index contributed by atoms with van der Waals surface area (Å²) in [4.78, 5) is 12.5. The van der Waals surface area contributed by atoms with Crippen molar-refractivity contribution >= 4 is 40.6 Å². The van der Waals surface area contributed by atoms with Crippen LogP contribution in [0.5, 0.6) is 5.75 Å². The molecule has 9 heteroatoms. The maximum Gasteiger partial charge on any atom is 0.234 e. The summed E-state index contributed by atoms with van der Waals surface area (Å²) in [6.45, 7) is 2.38. The topological polar surface area (TPSA) is 81.1 Å². The largest absolute Gasteiger partial charge is 0.497 e. The molecule has 2 N–H and O–H groups in total. The fourth-order valence-electron chi connectivity index (χ4n) is 3.23. The average molecular weight is 494 g/mol. The molecule has 0 saturated carbocycles. The molecule has 1 aromatic heterocycles. The second-order valence-electron chi connectivity index (χ2n) is 7.45. The van der Waals surface area contributed by atoms with Gasteiger partial charge in [0.2, 0.25) is 5.91 Å². The number of halogens is 1. The maximum atomic E-state index is 12.5. The first-order valence-corrected chi connectivity index (χ1v) is 12.0. The van der Waals surface area contributed by atoms with Crippen molar-refractivity contribution in [3.8, 4) is 11.4 Å². The second-order valence-corrected chi connectivity index (χ2v) is 8.80. The SMILES string of the molecule is COc1ccc(NCc2nnc(SCC(=O)Nc3ccc(C)c(Cl)c3)n2-c2ccccc2)cc1. The lowest BCUT2D eigenvalue weighted by Crippen LogP contribution is -2.15. The lowest BCUT2D eigenvalue weighted by Gasteiger charge is -2.12. The molecule has 0 radical (unpaired) electrons. The lowest BCUT2D eigenvalue weighted by molar-refractivity contribution is -0.113. The van der Waals surface area contributed by atoms with Crippen LogP contribution in [-0.2, 0) is 11.3 Å². The Labute approximate surface area is 207 Å². The van der Waals surface area contributed by atoms with Gasteiger partial charge in [0.25, 0.3) is 0 Å². The van der Waals surface area contributed by atoms with Crippen LogP contribution >= 0.6 is 23.4 Å². The van der Waals surface area contributed by atoms with Gasteiger partial charge in [-0.05, 0) is 61.0 Å². The van der Waals surface area contributed by atoms with E-state index in [1.165, 1.54) is 11.8 Å². The fraction of sp³-hybridized carbons (Fsp3) is 0.160. The number of carbonyl (C=O) groups excluding carboxylic acids is 1. The quantitative estimate of drug-likeness (QED) is 0.296. The Kier molecular flexibility index (Phi) is 7.72. The molecule has 1 heterocycles. The third-order valence-electron chi connectivity index (χ3n) is 5.04. The van der Waals surface area contributed by atoms with Crippen molar-refractivity contribution in [1.82, 2.24) is 14.8 Å². The van der Waals surface area contributed by atoms with Crippen molar-refractivity contribution in [1.29, 1.82) is 0 Å². The minimum atomic E-state index is -0.148. The van der Waals surface area contributed by atoms with Crippen LogP contribution < -0.4 is 15.4 Å². The number of anilines is 2. The van der Waals surface area contributed by atoms with Gasteiger partial charge < -0.3 is 15.4 Å². The van der Waals surface area contributed by atoms with Crippen LogP contribution in [0, 0.1) is 6.92 Å². The van der Waals surface area contributed by atoms with Crippen LogP contribution in [0.25, 0.3) is 5.69 Å². The van der Waals surface area contributed by atoms with Gasteiger partial charge in [0.1, 0.15) is 5.75 Å². The van der Waals surface area contributed by atoms with Crippen molar-refractivity contribution in [2.75, 3.05) is 23.5 Å². The molecule has 4 rings (SSSR count). The highest BCUT2D eigenvalue weighted by Crippen LogP contribution is 2.24. The highest BCUT2D eigenvalue weighted by Gasteiger charge is 2.16. The number of amides is 1. The summed E-state index contributed by atoms with van der Waals surface area (Å²) in [5.41, 5.74) is 3.48. The summed E-state index contributed by atoms with van der Waals surface area (Å²) < 4.78 is 7.17. The van der Waals surface area contributed by atoms with Crippen molar-refractivity contribution in [3.63, 3.8) is 0 Å². The van der Waals surface area contributed by atoms with E-state index in [0.717, 1.165) is 28.5 Å². The molecule has 34 heavy (non-hydrogen) atoms. The summed E-state index contributed by atoms with van der Waals surface area (Å²) in [6.07, 6.45) is 0. The molecule has 1 amide bonds. The van der Waals surface area contributed by atoms with Gasteiger partial charge in [-0.1, -0.05) is 47.6 Å². The van der Waals surface area contributed by atoms with Gasteiger partial charge in [0.15, 0.2) is 11.0 Å². The number of rotatable bonds is 9. The Morgan fingerprint density at radius 2 is 1.76 bits per heavy atom. The van der Waals surface area contributed by atoms with Gasteiger partial charge in [0, 0.05) is 22.1 Å². The zero-order chi connectivity index (χ0) is 23.9. The molecule has 4 aromatic rings. The summed E-state index contributed by atoms with van der Waals surface area (Å²) in [5.74, 6) is 1.56. The first-order valence-electron chi connectivity index (χ1n) is 10.6. The van der Waals surface area contributed by atoms with E-state index >= 15 is 0 Å². The molecule has 0 atom stereocenters. The Bertz CT molecular complexity index is 1260. The zero-order valence-corrected chi connectivity index (χ0v) is 20.4. The van der Waals surface area contributed by atoms with Gasteiger partial charge in [-0.15, -0.1) is 10.2 Å². The number of ether oxygens (including phenoxy) is 1. The number of methoxy groups -OCH3 is 1. The van der Waals surface area contributed by atoms with Crippen LogP contribution in [0.1, 0.15) is 11.4 Å². The number of thioether (sulfide) groups is 1. The summed E-state index contributed by atoms with van der Waals surface area (Å²) >= 11 is 7.48. The number of hydrogen-bond donors (Lipinski definition) is 2. The van der Waals surface area contributed by atoms with Crippen LogP contribution in [0.2, 0.25) is 5.02 Å². The third-order valence-corrected chi connectivity index (χ3v) is 6.38. The molecule has 0 spiro atoms. The normalized spacial score (nSPS) is 10.7. The lowest BCUT2D eigenvalue weighted by atomic mass is 10.2. The van der Waals surface area contributed by atoms with Gasteiger partial charge in [0.05, 0.1) is 19.4 Å². The van der Waals surface area contributed by atoms with E-state index in [9.17, 15) is 4.79 Å². The van der Waals surface area contributed by atoms with Crippen LogP contribution in [0.15, 0.2) is 78.0 Å². The minimum Gasteiger partial charge on any atom is -0.497 e. The summed E-state index contributed by atoms with van der Waals surface area (Å²) in [5, 5.41) is 16.2. The van der Waals surface area contributed by atoms with E-state index in [2.05, 4.69) is 20.8 Å². The molecule has 0 saturated heterocycles. The maximum absolute atomic E-state index is 12.5. The molecule has 0 aliphatic carbocycles. The number of benzene rings is 3. The smallest absolute Gasteiger partial charge is 0.234 e. The Morgan fingerprint density at radius 1 is 1.03 bits per heavy atom. The molecular formula is C25H24ClN5O2S. The number of aromatic nitrogens is 3. The highest BCUT2D eigenvalue weighted by molar-refractivity contribution is 7.99. The predicted molar refractivity (Wildman–Crippen MR) is 137 cm³/mol. The highest BCUT2D eigenvalue weighted by atomic mass is 35.5. The number of carbonyl (C=O) groups is 1. The summed E-state index contributed by atoms with van der Waals surface area (Å²) in [7, 11) is 1.64. The second kappa shape index (κ2) is 11.1. The van der Waals surface area contributed by atoms with E-state index in [4.69, 9.17) is 16.3 Å². The molecular weight excluding hydrogens is 470 g/mol. The van der Waals surface area contributed by atoms with E-state index in [1.807, 2.05) is 78.2 Å². The Balaban J connectivity index is 1.47. The molecule has 0 fully saturated rings. The molecule has 0 unspecified atom stereocenters. The first kappa shape index (κ1) is 23.7. The van der Waals surface area contributed by atoms with Crippen molar-refractivity contribution in [3.05, 3.63) is 89.2 Å². The zero-order valence-electron chi connectivity index (χ0n) is 18.8. The first-order chi connectivity index (χ1) is 16.5. The average Bonchev–Trinajstić information content (AvgIpc) is 3.27. The van der Waals surface area contributed by atoms with Crippen LogP contribution in [-0.4, -0.2) is 33.5 Å². The third kappa shape index (κ3) is 5.89. The molecule has 3 aromatic carbocycles. The van der Waals surface area contributed by atoms with Crippen molar-refractivity contribution in [2.24, 2.45) is 0 Å². The molecule has 0 aliphatic heterocycles. The molecule has 7 nitrogen and oxygen atoms in total. The van der Waals surface area contributed by atoms with Crippen LogP contribution in [0.3, 0.4) is 0 Å². The van der Waals surface area contributed by atoms with Crippen LogP contribution in [0.4, 0.5) is 11.4 Å². The minimum absolute atomic E-state index is 0.148. The fourth-order valence-corrected chi connectivity index (χ4v) is 4.18. The van der Waals surface area contributed by atoms with Gasteiger partial charge >= 0.3 is 0 Å². The van der Waals surface area contributed by atoms with E-state index in [-0.39, 0.29) is 11.7 Å². The van der Waals surface area contributed by atoms with Gasteiger partial charge in [-0.25, -0.2) is 0 Å². The van der Waals surface area contributed by atoms with E-state index in [0.29, 0.717) is 22.4 Å². The van der Waals surface area contributed by atoms with E-state index < -0.39 is 0 Å². The number of aryl methyl sites for hydroxylation is 1. The van der Waals surface area contributed by atoms with Gasteiger partial charge in [-0.2, -0.15) is 0 Å². The van der Waals surface area contributed by atoms with Crippen molar-refractivity contribution in [2.45, 2.75) is 18.6 Å². The van der Waals surface area contributed by atoms with Gasteiger partial charge in [-0.3, -0.25) is 9.36 Å².